The molecule has 0 amide bonds. The second-order valence-electron chi connectivity index (χ2n) is 14.1. The number of nitrogens with zero attached hydrogens (tertiary/aromatic N) is 3. The fourth-order valence-electron chi connectivity index (χ4n) is 8.37. The number of rotatable bonds is 6. The highest BCUT2D eigenvalue weighted by Gasteiger charge is 2.22. The summed E-state index contributed by atoms with van der Waals surface area (Å²) in [6.07, 6.45) is 0. The number of fused-ring (bicyclic) bond motifs is 6. The van der Waals surface area contributed by atoms with Crippen molar-refractivity contribution in [1.82, 2.24) is 14.5 Å². The summed E-state index contributed by atoms with van der Waals surface area (Å²) in [4.78, 5) is 11.0. The first-order valence-electron chi connectivity index (χ1n) is 18.9. The number of thiophene rings is 1. The molecule has 56 heavy (non-hydrogen) atoms. The van der Waals surface area contributed by atoms with Crippen molar-refractivity contribution in [3.8, 4) is 61.8 Å². The Balaban J connectivity index is 1.20. The summed E-state index contributed by atoms with van der Waals surface area (Å²) in [6, 6.07) is 71.2. The molecule has 0 bridgehead atoms. The summed E-state index contributed by atoms with van der Waals surface area (Å²) < 4.78 is 5.00. The Kier molecular flexibility index (Phi) is 7.68. The molecule has 0 atom stereocenters. The summed E-state index contributed by atoms with van der Waals surface area (Å²) >= 11 is 1.86. The van der Waals surface area contributed by atoms with E-state index >= 15 is 0 Å². The first-order chi connectivity index (χ1) is 27.8. The van der Waals surface area contributed by atoms with Crippen LogP contribution in [0.15, 0.2) is 200 Å². The number of para-hydroxylation sites is 1. The van der Waals surface area contributed by atoms with Crippen LogP contribution in [-0.2, 0) is 0 Å². The van der Waals surface area contributed by atoms with Crippen molar-refractivity contribution in [3.05, 3.63) is 200 Å². The van der Waals surface area contributed by atoms with Gasteiger partial charge in [0.15, 0.2) is 5.82 Å². The van der Waals surface area contributed by atoms with Crippen LogP contribution in [0.2, 0.25) is 0 Å². The summed E-state index contributed by atoms with van der Waals surface area (Å²) in [6.45, 7) is 0. The SMILES string of the molecule is c1ccc(-c2ccccc2-c2cc(-c3ccccc3-c3ccccc3)nc(-c3cccc4c3c3ccccc3n4-c3cccc4c3sc3ccccc34)n2)cc1. The van der Waals surface area contributed by atoms with Crippen LogP contribution >= 0.6 is 11.3 Å². The normalized spacial score (nSPS) is 11.6. The maximum Gasteiger partial charge on any atom is 0.161 e. The highest BCUT2D eigenvalue weighted by atomic mass is 32.1. The van der Waals surface area contributed by atoms with Crippen LogP contribution in [0.1, 0.15) is 0 Å². The molecule has 0 saturated carbocycles. The van der Waals surface area contributed by atoms with E-state index in [1.54, 1.807) is 0 Å². The smallest absolute Gasteiger partial charge is 0.161 e. The van der Waals surface area contributed by atoms with E-state index in [1.165, 1.54) is 31.2 Å². The monoisotopic (exact) mass is 731 g/mol. The number of hydrogen-bond donors (Lipinski definition) is 0. The Hall–Kier alpha value is -7.14. The summed E-state index contributed by atoms with van der Waals surface area (Å²) in [5.41, 5.74) is 12.9. The van der Waals surface area contributed by atoms with E-state index in [-0.39, 0.29) is 0 Å². The van der Waals surface area contributed by atoms with Crippen LogP contribution in [0.3, 0.4) is 0 Å². The zero-order valence-corrected chi connectivity index (χ0v) is 31.1. The molecular weight excluding hydrogens is 699 g/mol. The molecule has 0 saturated heterocycles. The Morgan fingerprint density at radius 3 is 1.55 bits per heavy atom. The summed E-state index contributed by atoms with van der Waals surface area (Å²) in [7, 11) is 0. The lowest BCUT2D eigenvalue weighted by molar-refractivity contribution is 1.18. The lowest BCUT2D eigenvalue weighted by Crippen LogP contribution is -1.99. The molecule has 0 radical (unpaired) electrons. The molecule has 0 aliphatic heterocycles. The third-order valence-corrected chi connectivity index (χ3v) is 12.1. The van der Waals surface area contributed by atoms with Crippen LogP contribution < -0.4 is 0 Å². The zero-order chi connectivity index (χ0) is 37.0. The van der Waals surface area contributed by atoms with E-state index in [0.717, 1.165) is 66.8 Å². The first kappa shape index (κ1) is 32.3. The molecule has 3 heterocycles. The summed E-state index contributed by atoms with van der Waals surface area (Å²) in [5, 5.41) is 4.87. The van der Waals surface area contributed by atoms with Gasteiger partial charge in [0.25, 0.3) is 0 Å². The molecule has 0 unspecified atom stereocenters. The van der Waals surface area contributed by atoms with E-state index in [1.807, 2.05) is 11.3 Å². The molecule has 3 aromatic heterocycles. The number of hydrogen-bond acceptors (Lipinski definition) is 3. The third kappa shape index (κ3) is 5.26. The fourth-order valence-corrected chi connectivity index (χ4v) is 9.58. The topological polar surface area (TPSA) is 30.7 Å². The fraction of sp³-hybridized carbons (Fsp3) is 0. The van der Waals surface area contributed by atoms with Gasteiger partial charge in [-0.05, 0) is 52.6 Å². The lowest BCUT2D eigenvalue weighted by atomic mass is 9.94. The van der Waals surface area contributed by atoms with Gasteiger partial charge in [0.2, 0.25) is 0 Å². The van der Waals surface area contributed by atoms with Gasteiger partial charge in [0.1, 0.15) is 0 Å². The first-order valence-corrected chi connectivity index (χ1v) is 19.7. The van der Waals surface area contributed by atoms with Crippen molar-refractivity contribution in [2.24, 2.45) is 0 Å². The largest absolute Gasteiger partial charge is 0.308 e. The van der Waals surface area contributed by atoms with Gasteiger partial charge >= 0.3 is 0 Å². The molecule has 4 heteroatoms. The van der Waals surface area contributed by atoms with E-state index in [2.05, 4.69) is 205 Å². The van der Waals surface area contributed by atoms with Gasteiger partial charge in [-0.25, -0.2) is 9.97 Å². The maximum absolute atomic E-state index is 5.49. The van der Waals surface area contributed by atoms with Crippen molar-refractivity contribution in [2.45, 2.75) is 0 Å². The molecular formula is C52H33N3S. The van der Waals surface area contributed by atoms with E-state index < -0.39 is 0 Å². The minimum atomic E-state index is 0.691. The predicted molar refractivity (Wildman–Crippen MR) is 236 cm³/mol. The van der Waals surface area contributed by atoms with Crippen LogP contribution in [0.5, 0.6) is 0 Å². The van der Waals surface area contributed by atoms with Gasteiger partial charge in [-0.2, -0.15) is 0 Å². The maximum atomic E-state index is 5.49. The second kappa shape index (κ2) is 13.3. The number of aromatic nitrogens is 3. The molecule has 0 aliphatic carbocycles. The molecule has 11 aromatic rings. The highest BCUT2D eigenvalue weighted by molar-refractivity contribution is 7.26. The third-order valence-electron chi connectivity index (χ3n) is 10.9. The van der Waals surface area contributed by atoms with E-state index in [9.17, 15) is 0 Å². The summed E-state index contributed by atoms with van der Waals surface area (Å²) in [5.74, 6) is 0.691. The van der Waals surface area contributed by atoms with Gasteiger partial charge in [0, 0.05) is 42.9 Å². The van der Waals surface area contributed by atoms with Gasteiger partial charge < -0.3 is 4.57 Å². The van der Waals surface area contributed by atoms with Gasteiger partial charge in [0.05, 0.1) is 32.8 Å². The Bertz CT molecular complexity index is 3150. The molecule has 11 rings (SSSR count). The minimum absolute atomic E-state index is 0.691. The second-order valence-corrected chi connectivity index (χ2v) is 15.1. The van der Waals surface area contributed by atoms with Crippen LogP contribution in [0.4, 0.5) is 0 Å². The van der Waals surface area contributed by atoms with Crippen LogP contribution in [0, 0.1) is 0 Å². The highest BCUT2D eigenvalue weighted by Crippen LogP contribution is 2.44. The quantitative estimate of drug-likeness (QED) is 0.170. The molecule has 0 fully saturated rings. The van der Waals surface area contributed by atoms with E-state index in [0.29, 0.717) is 5.82 Å². The molecule has 3 nitrogen and oxygen atoms in total. The molecule has 0 N–H and O–H groups in total. The van der Waals surface area contributed by atoms with Crippen molar-refractivity contribution < 1.29 is 0 Å². The average molecular weight is 732 g/mol. The number of benzene rings is 8. The van der Waals surface area contributed by atoms with Crippen molar-refractivity contribution >= 4 is 53.3 Å². The Labute approximate surface area is 328 Å². The molecule has 0 spiro atoms. The van der Waals surface area contributed by atoms with Crippen LogP contribution in [0.25, 0.3) is 104 Å². The molecule has 8 aromatic carbocycles. The van der Waals surface area contributed by atoms with Crippen LogP contribution in [-0.4, -0.2) is 14.5 Å². The zero-order valence-electron chi connectivity index (χ0n) is 30.3. The van der Waals surface area contributed by atoms with Crippen molar-refractivity contribution in [3.63, 3.8) is 0 Å². The Morgan fingerprint density at radius 1 is 0.375 bits per heavy atom. The molecule has 0 aliphatic rings. The van der Waals surface area contributed by atoms with Crippen molar-refractivity contribution in [1.29, 1.82) is 0 Å². The minimum Gasteiger partial charge on any atom is -0.308 e. The lowest BCUT2D eigenvalue weighted by Gasteiger charge is -2.15. The van der Waals surface area contributed by atoms with Gasteiger partial charge in [-0.3, -0.25) is 0 Å². The predicted octanol–water partition coefficient (Wildman–Crippen LogP) is 14.3. The standard InChI is InChI=1S/C52H33N3S/c1-3-17-34(18-4-1)36-21-7-9-23-38(36)44-33-45(39-24-10-8-22-37(39)35-19-5-2-6-20-35)54-52(53-44)43-28-16-30-47-50(43)42-26-11-13-29-46(42)55(47)48-31-15-27-41-40-25-12-14-32-49(40)56-51(41)48/h1-33H. The molecule has 262 valence electrons. The Morgan fingerprint density at radius 2 is 0.875 bits per heavy atom. The van der Waals surface area contributed by atoms with E-state index in [4.69, 9.17) is 9.97 Å². The van der Waals surface area contributed by atoms with Gasteiger partial charge in [-0.1, -0.05) is 170 Å². The van der Waals surface area contributed by atoms with Crippen molar-refractivity contribution in [2.75, 3.05) is 0 Å². The van der Waals surface area contributed by atoms with Gasteiger partial charge in [-0.15, -0.1) is 11.3 Å². The average Bonchev–Trinajstić information content (AvgIpc) is 3.83.